The first-order valence-electron chi connectivity index (χ1n) is 10.0. The summed E-state index contributed by atoms with van der Waals surface area (Å²) in [5, 5.41) is 12.5. The van der Waals surface area contributed by atoms with Gasteiger partial charge in [0.1, 0.15) is 11.3 Å². The number of nitrogens with one attached hydrogen (secondary N) is 2. The van der Waals surface area contributed by atoms with Crippen LogP contribution in [0, 0.1) is 5.41 Å². The standard InChI is InChI=1S/C24H22N4O2/c25-15-5-7-19-21(13-15)30-22-14-16(26)6-8-20(22)23(19)17-3-1-2-4-18(17)24(29)28-11-9-27-10-12-28/h1-8,13-14,25,27H,9-12,26H2. The number of piperazine rings is 1. The fourth-order valence-corrected chi connectivity index (χ4v) is 4.12. The number of nitrogens with two attached hydrogens (primary N) is 1. The van der Waals surface area contributed by atoms with Gasteiger partial charge in [-0.25, -0.2) is 0 Å². The van der Waals surface area contributed by atoms with Crippen LogP contribution in [0.5, 0.6) is 0 Å². The third-order valence-corrected chi connectivity index (χ3v) is 5.58. The molecule has 2 aromatic carbocycles. The molecule has 5 rings (SSSR count). The van der Waals surface area contributed by atoms with Gasteiger partial charge in [-0.1, -0.05) is 18.2 Å². The van der Waals surface area contributed by atoms with E-state index in [-0.39, 0.29) is 5.91 Å². The maximum atomic E-state index is 13.4. The van der Waals surface area contributed by atoms with Gasteiger partial charge in [-0.15, -0.1) is 0 Å². The second-order valence-electron chi connectivity index (χ2n) is 7.53. The highest BCUT2D eigenvalue weighted by Gasteiger charge is 2.24. The van der Waals surface area contributed by atoms with Crippen molar-refractivity contribution in [2.45, 2.75) is 0 Å². The van der Waals surface area contributed by atoms with Crippen LogP contribution in [0.3, 0.4) is 0 Å². The normalized spacial score (nSPS) is 14.3. The van der Waals surface area contributed by atoms with Crippen LogP contribution in [0.4, 0.5) is 5.69 Å². The maximum absolute atomic E-state index is 13.4. The lowest BCUT2D eigenvalue weighted by atomic mass is 9.90. The Morgan fingerprint density at radius 3 is 2.63 bits per heavy atom. The van der Waals surface area contributed by atoms with Gasteiger partial charge in [0.25, 0.3) is 5.91 Å². The minimum Gasteiger partial charge on any atom is -0.456 e. The second kappa shape index (κ2) is 7.31. The first-order chi connectivity index (χ1) is 14.6. The minimum absolute atomic E-state index is 0.0294. The Kier molecular flexibility index (Phi) is 4.48. The number of amides is 1. The molecule has 0 spiro atoms. The Hall–Kier alpha value is -3.64. The first-order valence-corrected chi connectivity index (χ1v) is 10.0. The molecular formula is C24H22N4O2. The third kappa shape index (κ3) is 3.11. The molecular weight excluding hydrogens is 376 g/mol. The highest BCUT2D eigenvalue weighted by molar-refractivity contribution is 6.09. The molecule has 0 aromatic heterocycles. The SMILES string of the molecule is N=c1ccc2c(-c3ccccc3C(=O)N3CCNCC3)c3ccc(N)cc3oc-2c1. The van der Waals surface area contributed by atoms with Crippen LogP contribution in [0.1, 0.15) is 10.4 Å². The molecule has 0 saturated carbocycles. The molecule has 1 fully saturated rings. The molecule has 0 unspecified atom stereocenters. The van der Waals surface area contributed by atoms with E-state index in [9.17, 15) is 4.79 Å². The van der Waals surface area contributed by atoms with E-state index in [1.54, 1.807) is 18.2 Å². The maximum Gasteiger partial charge on any atom is 0.254 e. The molecule has 2 aliphatic heterocycles. The zero-order chi connectivity index (χ0) is 20.7. The van der Waals surface area contributed by atoms with Crippen LogP contribution in [0.2, 0.25) is 0 Å². The van der Waals surface area contributed by atoms with Gasteiger partial charge in [-0.2, -0.15) is 0 Å². The average molecular weight is 398 g/mol. The first kappa shape index (κ1) is 18.4. The number of rotatable bonds is 2. The van der Waals surface area contributed by atoms with E-state index in [4.69, 9.17) is 15.6 Å². The number of fused-ring (bicyclic) bond motifs is 2. The molecule has 6 nitrogen and oxygen atoms in total. The molecule has 2 heterocycles. The van der Waals surface area contributed by atoms with Crippen molar-refractivity contribution in [1.29, 1.82) is 5.41 Å². The number of anilines is 1. The lowest BCUT2D eigenvalue weighted by Crippen LogP contribution is -2.46. The van der Waals surface area contributed by atoms with Crippen molar-refractivity contribution in [3.63, 3.8) is 0 Å². The fraction of sp³-hybridized carbons (Fsp3) is 0.167. The van der Waals surface area contributed by atoms with Crippen LogP contribution < -0.4 is 16.4 Å². The largest absolute Gasteiger partial charge is 0.456 e. The van der Waals surface area contributed by atoms with Gasteiger partial charge in [0.05, 0.1) is 5.36 Å². The van der Waals surface area contributed by atoms with E-state index in [1.807, 2.05) is 47.4 Å². The summed E-state index contributed by atoms with van der Waals surface area (Å²) in [6.07, 6.45) is 0. The van der Waals surface area contributed by atoms with Gasteiger partial charge in [0, 0.05) is 66.1 Å². The predicted octanol–water partition coefficient (Wildman–Crippen LogP) is 3.31. The Bertz CT molecular complexity index is 1290. The lowest BCUT2D eigenvalue weighted by Gasteiger charge is -2.28. The molecule has 0 radical (unpaired) electrons. The Balaban J connectivity index is 1.79. The Morgan fingerprint density at radius 1 is 1.00 bits per heavy atom. The highest BCUT2D eigenvalue weighted by Crippen LogP contribution is 2.41. The number of nitrogens with zero attached hydrogens (tertiary/aromatic N) is 1. The molecule has 30 heavy (non-hydrogen) atoms. The van der Waals surface area contributed by atoms with Crippen LogP contribution in [0.15, 0.2) is 65.1 Å². The third-order valence-electron chi connectivity index (χ3n) is 5.58. The molecule has 0 bridgehead atoms. The van der Waals surface area contributed by atoms with Crippen LogP contribution in [-0.4, -0.2) is 37.0 Å². The van der Waals surface area contributed by atoms with Crippen LogP contribution in [-0.2, 0) is 0 Å². The fourth-order valence-electron chi connectivity index (χ4n) is 4.12. The summed E-state index contributed by atoms with van der Waals surface area (Å²) < 4.78 is 6.08. The molecule has 6 heteroatoms. The van der Waals surface area contributed by atoms with Gasteiger partial charge in [0.2, 0.25) is 0 Å². The van der Waals surface area contributed by atoms with Crippen molar-refractivity contribution in [3.8, 4) is 22.5 Å². The average Bonchev–Trinajstić information content (AvgIpc) is 2.77. The molecule has 2 aromatic rings. The Morgan fingerprint density at radius 2 is 1.80 bits per heavy atom. The lowest BCUT2D eigenvalue weighted by molar-refractivity contribution is 0.0736. The van der Waals surface area contributed by atoms with Crippen LogP contribution >= 0.6 is 0 Å². The zero-order valence-corrected chi connectivity index (χ0v) is 16.4. The van der Waals surface area contributed by atoms with E-state index in [1.165, 1.54) is 0 Å². The van der Waals surface area contributed by atoms with Gasteiger partial charge >= 0.3 is 0 Å². The number of carbonyl (C=O) groups excluding carboxylic acids is 1. The molecule has 4 N–H and O–H groups in total. The number of carbonyl (C=O) groups is 1. The number of benzene rings is 3. The molecule has 0 atom stereocenters. The summed E-state index contributed by atoms with van der Waals surface area (Å²) in [5.74, 6) is 0.627. The smallest absolute Gasteiger partial charge is 0.254 e. The van der Waals surface area contributed by atoms with Crippen molar-refractivity contribution >= 4 is 22.6 Å². The predicted molar refractivity (Wildman–Crippen MR) is 117 cm³/mol. The zero-order valence-electron chi connectivity index (χ0n) is 16.4. The summed E-state index contributed by atoms with van der Waals surface area (Å²) in [5.41, 5.74) is 10.5. The summed E-state index contributed by atoms with van der Waals surface area (Å²) in [6, 6.07) is 18.6. The summed E-state index contributed by atoms with van der Waals surface area (Å²) in [7, 11) is 0. The number of nitrogen functional groups attached to an aromatic ring is 1. The quantitative estimate of drug-likeness (QED) is 0.357. The molecule has 1 amide bonds. The summed E-state index contributed by atoms with van der Waals surface area (Å²) in [6.45, 7) is 2.99. The van der Waals surface area contributed by atoms with Gasteiger partial charge in [0.15, 0.2) is 0 Å². The molecule has 3 aliphatic rings. The minimum atomic E-state index is 0.0294. The molecule has 1 aliphatic carbocycles. The van der Waals surface area contributed by atoms with Crippen LogP contribution in [0.25, 0.3) is 33.4 Å². The Labute approximate surface area is 173 Å². The summed E-state index contributed by atoms with van der Waals surface area (Å²) in [4.78, 5) is 15.3. The monoisotopic (exact) mass is 398 g/mol. The van der Waals surface area contributed by atoms with E-state index >= 15 is 0 Å². The number of hydrogen-bond donors (Lipinski definition) is 3. The highest BCUT2D eigenvalue weighted by atomic mass is 16.3. The van der Waals surface area contributed by atoms with Crippen molar-refractivity contribution in [2.24, 2.45) is 0 Å². The number of hydrogen-bond acceptors (Lipinski definition) is 5. The van der Waals surface area contributed by atoms with E-state index in [0.29, 0.717) is 41.0 Å². The van der Waals surface area contributed by atoms with Gasteiger partial charge < -0.3 is 25.8 Å². The molecule has 150 valence electrons. The van der Waals surface area contributed by atoms with Gasteiger partial charge in [-0.3, -0.25) is 4.79 Å². The van der Waals surface area contributed by atoms with E-state index in [2.05, 4.69) is 5.32 Å². The molecule has 1 saturated heterocycles. The van der Waals surface area contributed by atoms with Crippen molar-refractivity contribution in [3.05, 3.63) is 71.6 Å². The van der Waals surface area contributed by atoms with Crippen molar-refractivity contribution < 1.29 is 9.21 Å². The summed E-state index contributed by atoms with van der Waals surface area (Å²) >= 11 is 0. The van der Waals surface area contributed by atoms with Crippen molar-refractivity contribution in [1.82, 2.24) is 10.2 Å². The topological polar surface area (TPSA) is 95.4 Å². The van der Waals surface area contributed by atoms with Gasteiger partial charge in [-0.05, 0) is 35.9 Å². The second-order valence-corrected chi connectivity index (χ2v) is 7.53. The van der Waals surface area contributed by atoms with Crippen molar-refractivity contribution in [2.75, 3.05) is 31.9 Å². The van der Waals surface area contributed by atoms with E-state index in [0.717, 1.165) is 35.2 Å². The van der Waals surface area contributed by atoms with E-state index < -0.39 is 0 Å².